The van der Waals surface area contributed by atoms with Crippen molar-refractivity contribution in [3.63, 3.8) is 0 Å². The molecule has 0 bridgehead atoms. The third-order valence-electron chi connectivity index (χ3n) is 14.9. The van der Waals surface area contributed by atoms with Gasteiger partial charge in [-0.3, -0.25) is 4.79 Å². The van der Waals surface area contributed by atoms with Crippen molar-refractivity contribution in [1.82, 2.24) is 0 Å². The highest BCUT2D eigenvalue weighted by Crippen LogP contribution is 2.75. The molecule has 5 aliphatic rings. The fraction of sp³-hybridized carbons (Fsp3) is 0.692. The van der Waals surface area contributed by atoms with Crippen molar-refractivity contribution in [1.29, 1.82) is 0 Å². The van der Waals surface area contributed by atoms with E-state index in [-0.39, 0.29) is 33.8 Å². The average Bonchev–Trinajstić information content (AvgIpc) is 2.97. The number of allylic oxidation sites excluding steroid dienone is 2. The maximum absolute atomic E-state index is 13.0. The number of aliphatic hydroxyl groups is 1. The number of carboxylic acid groups (broad SMARTS) is 1. The van der Waals surface area contributed by atoms with Crippen LogP contribution in [0.25, 0.3) is 6.08 Å². The van der Waals surface area contributed by atoms with Crippen LogP contribution in [0, 0.1) is 56.7 Å². The molecule has 0 heterocycles. The van der Waals surface area contributed by atoms with Crippen molar-refractivity contribution < 1.29 is 29.6 Å². The molecule has 0 spiro atoms. The molecule has 246 valence electrons. The normalized spacial score (nSPS) is 45.3. The largest absolute Gasteiger partial charge is 0.508 e. The number of fused-ring (bicyclic) bond motifs is 7. The fourth-order valence-electron chi connectivity index (χ4n) is 12.1. The maximum atomic E-state index is 13.0. The third-order valence-corrected chi connectivity index (χ3v) is 14.9. The van der Waals surface area contributed by atoms with Crippen LogP contribution in [0.2, 0.25) is 0 Å². The third kappa shape index (κ3) is 4.58. The molecule has 1 aromatic carbocycles. The van der Waals surface area contributed by atoms with Crippen LogP contribution in [0.4, 0.5) is 0 Å². The monoisotopic (exact) mass is 618 g/mol. The first-order valence-electron chi connectivity index (χ1n) is 17.3. The zero-order valence-electron chi connectivity index (χ0n) is 28.3. The topological polar surface area (TPSA) is 104 Å². The summed E-state index contributed by atoms with van der Waals surface area (Å²) in [5.41, 5.74) is 0.857. The highest BCUT2D eigenvalue weighted by molar-refractivity contribution is 5.87. The van der Waals surface area contributed by atoms with Gasteiger partial charge in [-0.25, -0.2) is 4.79 Å². The van der Waals surface area contributed by atoms with E-state index in [0.29, 0.717) is 24.2 Å². The Hall–Kier alpha value is -2.60. The summed E-state index contributed by atoms with van der Waals surface area (Å²) in [7, 11) is 0. The number of carboxylic acids is 1. The van der Waals surface area contributed by atoms with E-state index in [1.807, 2.05) is 0 Å². The number of carbonyl (C=O) groups is 2. The van der Waals surface area contributed by atoms with Crippen LogP contribution < -0.4 is 0 Å². The van der Waals surface area contributed by atoms with Crippen LogP contribution in [0.1, 0.15) is 105 Å². The molecule has 0 radical (unpaired) electrons. The van der Waals surface area contributed by atoms with Crippen molar-refractivity contribution in [2.24, 2.45) is 56.7 Å². The van der Waals surface area contributed by atoms with Gasteiger partial charge in [0.1, 0.15) is 11.9 Å². The highest BCUT2D eigenvalue weighted by Gasteiger charge is 2.70. The van der Waals surface area contributed by atoms with Crippen molar-refractivity contribution >= 4 is 18.0 Å². The number of benzene rings is 1. The molecule has 0 aliphatic heterocycles. The molecule has 6 heteroatoms. The Labute approximate surface area is 269 Å². The first-order valence-corrected chi connectivity index (χ1v) is 17.3. The Morgan fingerprint density at radius 3 is 2.29 bits per heavy atom. The smallest absolute Gasteiger partial charge is 0.331 e. The van der Waals surface area contributed by atoms with Gasteiger partial charge in [0.25, 0.3) is 0 Å². The number of hydrogen-bond donors (Lipinski definition) is 3. The Kier molecular flexibility index (Phi) is 7.70. The molecule has 0 amide bonds. The van der Waals surface area contributed by atoms with Crippen molar-refractivity contribution in [3.8, 4) is 5.75 Å². The predicted octanol–water partition coefficient (Wildman–Crippen LogP) is 8.03. The minimum atomic E-state index is -0.780. The summed E-state index contributed by atoms with van der Waals surface area (Å²) in [5.74, 6) is 0.617. The predicted molar refractivity (Wildman–Crippen MR) is 175 cm³/mol. The van der Waals surface area contributed by atoms with Crippen molar-refractivity contribution in [3.05, 3.63) is 47.6 Å². The SMILES string of the molecule is C[C@H]1[C@H](C)CC[C@]2(C(=O)O)CC[C@@]3(C)C(=CC[C@H]4[C@]5(C)C[C@H](O)[C@@H](OC(=O)/C=C/c6ccc(O)cc6)C(C)(C)[C@H]5CC[C@@]43C)[C@H]12. The number of phenolic OH excluding ortho intramolecular Hbond substituents is 1. The standard InChI is InChI=1S/C39H54O6/c1-23-16-19-39(34(43)44)21-20-37(6)27(32(39)24(23)2)13-14-30-36(5)22-28(41)33(35(3,4)29(36)17-18-38(30,37)7)45-31(42)15-10-25-8-11-26(40)12-9-25/h8-13,15,23-24,28-30,32-33,40-41H,14,16-22H2,1-7H3,(H,43,44)/b15-10+/t23-,24+,28+,29-,30+,32+,33-,36-,37+,38+,39+/m1/s1. The zero-order valence-corrected chi connectivity index (χ0v) is 28.3. The first kappa shape index (κ1) is 32.3. The van der Waals surface area contributed by atoms with E-state index in [4.69, 9.17) is 4.74 Å². The molecule has 0 saturated heterocycles. The molecule has 1 aromatic rings. The Morgan fingerprint density at radius 1 is 0.933 bits per heavy atom. The maximum Gasteiger partial charge on any atom is 0.331 e. The second kappa shape index (κ2) is 10.7. The summed E-state index contributed by atoms with van der Waals surface area (Å²) in [6.07, 6.45) is 11.1. The minimum Gasteiger partial charge on any atom is -0.508 e. The van der Waals surface area contributed by atoms with Crippen LogP contribution >= 0.6 is 0 Å². The van der Waals surface area contributed by atoms with Crippen LogP contribution in [0.15, 0.2) is 42.0 Å². The van der Waals surface area contributed by atoms with Gasteiger partial charge < -0.3 is 20.1 Å². The van der Waals surface area contributed by atoms with Gasteiger partial charge >= 0.3 is 11.9 Å². The van der Waals surface area contributed by atoms with E-state index in [9.17, 15) is 24.9 Å². The number of aromatic hydroxyl groups is 1. The molecule has 6 rings (SSSR count). The van der Waals surface area contributed by atoms with Crippen LogP contribution in [-0.2, 0) is 14.3 Å². The van der Waals surface area contributed by atoms with E-state index in [0.717, 1.165) is 50.5 Å². The van der Waals surface area contributed by atoms with Crippen LogP contribution in [0.5, 0.6) is 5.75 Å². The minimum absolute atomic E-state index is 0.0143. The molecular formula is C39H54O6. The van der Waals surface area contributed by atoms with Crippen molar-refractivity contribution in [2.45, 2.75) is 112 Å². The molecule has 3 N–H and O–H groups in total. The van der Waals surface area contributed by atoms with Gasteiger partial charge in [0.2, 0.25) is 0 Å². The van der Waals surface area contributed by atoms with Gasteiger partial charge in [0.05, 0.1) is 11.5 Å². The molecule has 6 nitrogen and oxygen atoms in total. The summed E-state index contributed by atoms with van der Waals surface area (Å²) in [6, 6.07) is 6.62. The Balaban J connectivity index is 1.29. The summed E-state index contributed by atoms with van der Waals surface area (Å²) < 4.78 is 6.05. The quantitative estimate of drug-likeness (QED) is 0.179. The number of ether oxygens (including phenoxy) is 1. The number of aliphatic hydroxyl groups excluding tert-OH is 1. The van der Waals surface area contributed by atoms with Crippen LogP contribution in [-0.4, -0.2) is 39.5 Å². The number of rotatable bonds is 4. The van der Waals surface area contributed by atoms with E-state index in [2.05, 4.69) is 54.5 Å². The summed E-state index contributed by atoms with van der Waals surface area (Å²) in [5, 5.41) is 32.0. The second-order valence-electron chi connectivity index (χ2n) is 17.0. The molecule has 11 atom stereocenters. The molecular weight excluding hydrogens is 564 g/mol. The first-order chi connectivity index (χ1) is 21.0. The molecule has 5 aliphatic carbocycles. The molecule has 45 heavy (non-hydrogen) atoms. The van der Waals surface area contributed by atoms with Gasteiger partial charge in [-0.1, -0.05) is 72.2 Å². The number of aliphatic carboxylic acids is 1. The lowest BCUT2D eigenvalue weighted by atomic mass is 9.33. The summed E-state index contributed by atoms with van der Waals surface area (Å²) in [4.78, 5) is 26.0. The highest BCUT2D eigenvalue weighted by atomic mass is 16.6. The fourth-order valence-corrected chi connectivity index (χ4v) is 12.1. The lowest BCUT2D eigenvalue weighted by molar-refractivity contribution is -0.238. The van der Waals surface area contributed by atoms with Crippen molar-refractivity contribution in [2.75, 3.05) is 0 Å². The summed E-state index contributed by atoms with van der Waals surface area (Å²) in [6.45, 7) is 16.2. The van der Waals surface area contributed by atoms with E-state index < -0.39 is 35.0 Å². The van der Waals surface area contributed by atoms with E-state index in [1.165, 1.54) is 11.6 Å². The Bertz CT molecular complexity index is 1410. The number of hydrogen-bond acceptors (Lipinski definition) is 5. The molecule has 0 aromatic heterocycles. The summed E-state index contributed by atoms with van der Waals surface area (Å²) >= 11 is 0. The van der Waals surface area contributed by atoms with Gasteiger partial charge in [0.15, 0.2) is 0 Å². The van der Waals surface area contributed by atoms with Gasteiger partial charge in [0, 0.05) is 11.5 Å². The Morgan fingerprint density at radius 2 is 1.62 bits per heavy atom. The lowest BCUT2D eigenvalue weighted by Crippen LogP contribution is -2.67. The van der Waals surface area contributed by atoms with Gasteiger partial charge in [-0.15, -0.1) is 0 Å². The lowest BCUT2D eigenvalue weighted by Gasteiger charge is -2.71. The van der Waals surface area contributed by atoms with E-state index in [1.54, 1.807) is 30.3 Å². The van der Waals surface area contributed by atoms with Gasteiger partial charge in [-0.05, 0) is 121 Å². The molecule has 4 saturated carbocycles. The molecule has 4 fully saturated rings. The number of phenols is 1. The average molecular weight is 619 g/mol. The second-order valence-corrected chi connectivity index (χ2v) is 17.0. The van der Waals surface area contributed by atoms with Crippen LogP contribution in [0.3, 0.4) is 0 Å². The number of esters is 1. The van der Waals surface area contributed by atoms with Gasteiger partial charge in [-0.2, -0.15) is 0 Å². The molecule has 0 unspecified atom stereocenters. The van der Waals surface area contributed by atoms with E-state index >= 15 is 0 Å². The zero-order chi connectivity index (χ0) is 32.7. The number of carbonyl (C=O) groups excluding carboxylic acids is 1.